The van der Waals surface area contributed by atoms with Gasteiger partial charge in [0.25, 0.3) is 0 Å². The summed E-state index contributed by atoms with van der Waals surface area (Å²) in [6.07, 6.45) is 2.05. The molecule has 0 saturated heterocycles. The van der Waals surface area contributed by atoms with Crippen molar-refractivity contribution in [3.05, 3.63) is 30.0 Å². The molecule has 0 aliphatic carbocycles. The first-order valence-electron chi connectivity index (χ1n) is 5.45. The van der Waals surface area contributed by atoms with Gasteiger partial charge in [-0.15, -0.1) is 0 Å². The van der Waals surface area contributed by atoms with E-state index < -0.39 is 11.9 Å². The van der Waals surface area contributed by atoms with Gasteiger partial charge >= 0.3 is 5.97 Å². The smallest absolute Gasteiger partial charge is 0.311 e. The largest absolute Gasteiger partial charge is 0.497 e. The molecule has 0 radical (unpaired) electrons. The van der Waals surface area contributed by atoms with E-state index in [2.05, 4.69) is 0 Å². The molecule has 4 heteroatoms. The number of carboxylic acid groups (broad SMARTS) is 1. The third-order valence-electron chi connectivity index (χ3n) is 2.89. The second kappa shape index (κ2) is 4.49. The van der Waals surface area contributed by atoms with E-state index in [1.54, 1.807) is 25.3 Å². The van der Waals surface area contributed by atoms with Gasteiger partial charge in [0.2, 0.25) is 0 Å². The summed E-state index contributed by atoms with van der Waals surface area (Å²) >= 11 is 0. The summed E-state index contributed by atoms with van der Waals surface area (Å²) in [5.41, 5.74) is 1.38. The molecule has 0 amide bonds. The Labute approximate surface area is 98.8 Å². The molecule has 0 fully saturated rings. The Hall–Kier alpha value is -1.97. The highest BCUT2D eigenvalue weighted by atomic mass is 16.5. The van der Waals surface area contributed by atoms with Gasteiger partial charge in [-0.05, 0) is 24.6 Å². The van der Waals surface area contributed by atoms with Crippen molar-refractivity contribution in [3.8, 4) is 5.75 Å². The van der Waals surface area contributed by atoms with E-state index in [9.17, 15) is 4.79 Å². The molecule has 90 valence electrons. The zero-order valence-electron chi connectivity index (χ0n) is 9.77. The van der Waals surface area contributed by atoms with E-state index in [1.807, 2.05) is 6.92 Å². The maximum atomic E-state index is 11.2. The summed E-state index contributed by atoms with van der Waals surface area (Å²) in [5, 5.41) is 9.96. The monoisotopic (exact) mass is 234 g/mol. The Morgan fingerprint density at radius 2 is 2.29 bits per heavy atom. The SMILES string of the molecule is CCC(C(=O)O)c1coc2ccc(OC)cc12. The molecule has 0 aliphatic rings. The second-order valence-electron chi connectivity index (χ2n) is 3.85. The van der Waals surface area contributed by atoms with Crippen molar-refractivity contribution in [1.29, 1.82) is 0 Å². The quantitative estimate of drug-likeness (QED) is 0.883. The highest BCUT2D eigenvalue weighted by Crippen LogP contribution is 2.32. The Morgan fingerprint density at radius 3 is 2.88 bits per heavy atom. The van der Waals surface area contributed by atoms with E-state index in [4.69, 9.17) is 14.3 Å². The lowest BCUT2D eigenvalue weighted by Gasteiger charge is -2.07. The van der Waals surface area contributed by atoms with Crippen molar-refractivity contribution in [2.75, 3.05) is 7.11 Å². The molecular weight excluding hydrogens is 220 g/mol. The Bertz CT molecular complexity index is 541. The van der Waals surface area contributed by atoms with E-state index in [1.165, 1.54) is 6.26 Å². The number of carbonyl (C=O) groups is 1. The van der Waals surface area contributed by atoms with Crippen LogP contribution in [0.3, 0.4) is 0 Å². The van der Waals surface area contributed by atoms with Crippen molar-refractivity contribution < 1.29 is 19.1 Å². The lowest BCUT2D eigenvalue weighted by molar-refractivity contribution is -0.138. The van der Waals surface area contributed by atoms with Crippen LogP contribution in [0.25, 0.3) is 11.0 Å². The summed E-state index contributed by atoms with van der Waals surface area (Å²) in [4.78, 5) is 11.2. The number of fused-ring (bicyclic) bond motifs is 1. The Morgan fingerprint density at radius 1 is 1.53 bits per heavy atom. The predicted molar refractivity (Wildman–Crippen MR) is 63.4 cm³/mol. The molecule has 4 nitrogen and oxygen atoms in total. The minimum absolute atomic E-state index is 0.529. The minimum Gasteiger partial charge on any atom is -0.497 e. The third kappa shape index (κ3) is 1.98. The number of benzene rings is 1. The fraction of sp³-hybridized carbons (Fsp3) is 0.308. The highest BCUT2D eigenvalue weighted by molar-refractivity contribution is 5.88. The highest BCUT2D eigenvalue weighted by Gasteiger charge is 2.22. The molecule has 0 aliphatic heterocycles. The maximum Gasteiger partial charge on any atom is 0.311 e. The number of hydrogen-bond donors (Lipinski definition) is 1. The van der Waals surface area contributed by atoms with Gasteiger partial charge in [-0.2, -0.15) is 0 Å². The summed E-state index contributed by atoms with van der Waals surface area (Å²) in [5.74, 6) is -0.679. The number of furan rings is 1. The van der Waals surface area contributed by atoms with Crippen LogP contribution in [0.5, 0.6) is 5.75 Å². The molecule has 2 aromatic rings. The zero-order valence-corrected chi connectivity index (χ0v) is 9.77. The van der Waals surface area contributed by atoms with Gasteiger partial charge < -0.3 is 14.3 Å². The summed E-state index contributed by atoms with van der Waals surface area (Å²) < 4.78 is 10.5. The van der Waals surface area contributed by atoms with Crippen molar-refractivity contribution in [2.45, 2.75) is 19.3 Å². The number of methoxy groups -OCH3 is 1. The van der Waals surface area contributed by atoms with Crippen molar-refractivity contribution in [3.63, 3.8) is 0 Å². The van der Waals surface area contributed by atoms with E-state index in [-0.39, 0.29) is 0 Å². The van der Waals surface area contributed by atoms with Crippen LogP contribution >= 0.6 is 0 Å². The fourth-order valence-corrected chi connectivity index (χ4v) is 1.95. The fourth-order valence-electron chi connectivity index (χ4n) is 1.95. The minimum atomic E-state index is -0.835. The van der Waals surface area contributed by atoms with Crippen molar-refractivity contribution >= 4 is 16.9 Å². The van der Waals surface area contributed by atoms with E-state index in [0.29, 0.717) is 23.3 Å². The molecular formula is C13H14O4. The first kappa shape index (κ1) is 11.5. The van der Waals surface area contributed by atoms with E-state index >= 15 is 0 Å². The molecule has 1 aromatic heterocycles. The zero-order chi connectivity index (χ0) is 12.4. The van der Waals surface area contributed by atoms with Crippen LogP contribution < -0.4 is 4.74 Å². The normalized spacial score (nSPS) is 12.6. The van der Waals surface area contributed by atoms with Crippen molar-refractivity contribution in [2.24, 2.45) is 0 Å². The van der Waals surface area contributed by atoms with Crippen LogP contribution in [0.15, 0.2) is 28.9 Å². The van der Waals surface area contributed by atoms with Crippen LogP contribution in [-0.4, -0.2) is 18.2 Å². The van der Waals surface area contributed by atoms with Gasteiger partial charge in [0, 0.05) is 10.9 Å². The maximum absolute atomic E-state index is 11.2. The number of ether oxygens (including phenoxy) is 1. The molecule has 1 unspecified atom stereocenters. The molecule has 0 saturated carbocycles. The van der Waals surface area contributed by atoms with Gasteiger partial charge in [0.15, 0.2) is 0 Å². The molecule has 1 heterocycles. The van der Waals surface area contributed by atoms with Gasteiger partial charge in [0.05, 0.1) is 19.3 Å². The molecule has 1 atom stereocenters. The van der Waals surface area contributed by atoms with Crippen LogP contribution in [0.1, 0.15) is 24.8 Å². The standard InChI is InChI=1S/C13H14O4/c1-3-9(13(14)15)11-7-17-12-5-4-8(16-2)6-10(11)12/h4-7,9H,3H2,1-2H3,(H,14,15). The van der Waals surface area contributed by atoms with Crippen LogP contribution in [-0.2, 0) is 4.79 Å². The van der Waals surface area contributed by atoms with Crippen LogP contribution in [0, 0.1) is 0 Å². The van der Waals surface area contributed by atoms with Gasteiger partial charge in [-0.1, -0.05) is 6.92 Å². The number of rotatable bonds is 4. The summed E-state index contributed by atoms with van der Waals surface area (Å²) in [6, 6.07) is 5.38. The lowest BCUT2D eigenvalue weighted by atomic mass is 9.96. The second-order valence-corrected chi connectivity index (χ2v) is 3.85. The number of aliphatic carboxylic acids is 1. The Balaban J connectivity index is 2.57. The van der Waals surface area contributed by atoms with Gasteiger partial charge in [-0.3, -0.25) is 4.79 Å². The summed E-state index contributed by atoms with van der Waals surface area (Å²) in [7, 11) is 1.58. The molecule has 1 aromatic carbocycles. The van der Waals surface area contributed by atoms with Crippen LogP contribution in [0.2, 0.25) is 0 Å². The van der Waals surface area contributed by atoms with Crippen LogP contribution in [0.4, 0.5) is 0 Å². The topological polar surface area (TPSA) is 59.7 Å². The molecule has 1 N–H and O–H groups in total. The lowest BCUT2D eigenvalue weighted by Crippen LogP contribution is -2.09. The average Bonchev–Trinajstić information content (AvgIpc) is 2.73. The average molecular weight is 234 g/mol. The first-order chi connectivity index (χ1) is 8.17. The molecule has 2 rings (SSSR count). The molecule has 0 bridgehead atoms. The van der Waals surface area contributed by atoms with Crippen molar-refractivity contribution in [1.82, 2.24) is 0 Å². The number of hydrogen-bond acceptors (Lipinski definition) is 3. The first-order valence-corrected chi connectivity index (χ1v) is 5.45. The van der Waals surface area contributed by atoms with Gasteiger partial charge in [0.1, 0.15) is 11.3 Å². The third-order valence-corrected chi connectivity index (χ3v) is 2.89. The summed E-state index contributed by atoms with van der Waals surface area (Å²) in [6.45, 7) is 1.85. The van der Waals surface area contributed by atoms with E-state index in [0.717, 1.165) is 5.39 Å². The van der Waals surface area contributed by atoms with Gasteiger partial charge in [-0.25, -0.2) is 0 Å². The number of carboxylic acids is 1. The molecule has 17 heavy (non-hydrogen) atoms. The predicted octanol–water partition coefficient (Wildman–Crippen LogP) is 3.02. The Kier molecular flexibility index (Phi) is 3.04. The molecule has 0 spiro atoms.